The number of hydrogen-bond acceptors (Lipinski definition) is 3. The van der Waals surface area contributed by atoms with Crippen molar-refractivity contribution in [2.45, 2.75) is 37.8 Å². The lowest BCUT2D eigenvalue weighted by Crippen LogP contribution is -2.34. The fourth-order valence-electron chi connectivity index (χ4n) is 3.34. The van der Waals surface area contributed by atoms with E-state index < -0.39 is 0 Å². The van der Waals surface area contributed by atoms with Gasteiger partial charge in [0.1, 0.15) is 0 Å². The number of benzene rings is 1. The van der Waals surface area contributed by atoms with Crippen LogP contribution >= 0.6 is 24.8 Å². The predicted molar refractivity (Wildman–Crippen MR) is 105 cm³/mol. The standard InChI is InChI=1S/C19H23N3O.2ClH/c20-17-8-4-7-16(17)13-18(23)22-19(14-5-2-1-3-6-14)15-9-11-21-12-10-15;;/h1-3,5-6,9-12,16-17,19H,4,7-8,13,20H2,(H,22,23);2*1H/t16-,17+,19?;;/m0../s1. The molecule has 136 valence electrons. The molecule has 1 saturated carbocycles. The highest BCUT2D eigenvalue weighted by atomic mass is 35.5. The molecule has 1 unspecified atom stereocenters. The number of nitrogens with one attached hydrogen (secondary N) is 1. The topological polar surface area (TPSA) is 68.0 Å². The molecule has 1 aromatic carbocycles. The van der Waals surface area contributed by atoms with Gasteiger partial charge < -0.3 is 11.1 Å². The van der Waals surface area contributed by atoms with Gasteiger partial charge >= 0.3 is 0 Å². The van der Waals surface area contributed by atoms with E-state index in [4.69, 9.17) is 5.73 Å². The first kappa shape index (κ1) is 21.4. The van der Waals surface area contributed by atoms with Crippen molar-refractivity contribution < 1.29 is 4.79 Å². The minimum absolute atomic E-state index is 0. The summed E-state index contributed by atoms with van der Waals surface area (Å²) < 4.78 is 0. The van der Waals surface area contributed by atoms with Crippen molar-refractivity contribution in [2.75, 3.05) is 0 Å². The van der Waals surface area contributed by atoms with Gasteiger partial charge in [0.25, 0.3) is 0 Å². The second-order valence-corrected chi connectivity index (χ2v) is 6.25. The highest BCUT2D eigenvalue weighted by Crippen LogP contribution is 2.28. The second-order valence-electron chi connectivity index (χ2n) is 6.25. The van der Waals surface area contributed by atoms with Crippen LogP contribution < -0.4 is 11.1 Å². The van der Waals surface area contributed by atoms with Crippen molar-refractivity contribution in [2.24, 2.45) is 11.7 Å². The van der Waals surface area contributed by atoms with E-state index in [0.717, 1.165) is 30.4 Å². The first-order valence-electron chi connectivity index (χ1n) is 8.24. The molecule has 0 radical (unpaired) electrons. The van der Waals surface area contributed by atoms with Crippen LogP contribution in [0.5, 0.6) is 0 Å². The Kier molecular flexibility index (Phi) is 8.90. The van der Waals surface area contributed by atoms with Crippen LogP contribution in [0.15, 0.2) is 54.9 Å². The normalized spacial score (nSPS) is 20.0. The summed E-state index contributed by atoms with van der Waals surface area (Å²) in [5, 5.41) is 3.17. The van der Waals surface area contributed by atoms with Gasteiger partial charge in [0.15, 0.2) is 0 Å². The third kappa shape index (κ3) is 5.70. The summed E-state index contributed by atoms with van der Waals surface area (Å²) in [6, 6.07) is 13.9. The van der Waals surface area contributed by atoms with E-state index in [1.54, 1.807) is 12.4 Å². The summed E-state index contributed by atoms with van der Waals surface area (Å²) in [5.74, 6) is 0.377. The van der Waals surface area contributed by atoms with E-state index in [-0.39, 0.29) is 42.8 Å². The zero-order valence-electron chi connectivity index (χ0n) is 14.0. The molecule has 0 bridgehead atoms. The van der Waals surface area contributed by atoms with Crippen LogP contribution in [-0.4, -0.2) is 16.9 Å². The lowest BCUT2D eigenvalue weighted by atomic mass is 9.97. The van der Waals surface area contributed by atoms with E-state index in [1.807, 2.05) is 42.5 Å². The van der Waals surface area contributed by atoms with Crippen molar-refractivity contribution in [3.8, 4) is 0 Å². The number of hydrogen-bond donors (Lipinski definition) is 2. The molecule has 3 N–H and O–H groups in total. The number of nitrogens with zero attached hydrogens (tertiary/aromatic N) is 1. The largest absolute Gasteiger partial charge is 0.345 e. The molecule has 1 aromatic heterocycles. The van der Waals surface area contributed by atoms with Gasteiger partial charge in [-0.25, -0.2) is 0 Å². The Bertz CT molecular complexity index is 600. The van der Waals surface area contributed by atoms with Crippen molar-refractivity contribution >= 4 is 30.7 Å². The highest BCUT2D eigenvalue weighted by Gasteiger charge is 2.27. The van der Waals surface area contributed by atoms with Gasteiger partial charge in [0.05, 0.1) is 6.04 Å². The van der Waals surface area contributed by atoms with Crippen LogP contribution in [0.3, 0.4) is 0 Å². The van der Waals surface area contributed by atoms with Gasteiger partial charge in [-0.2, -0.15) is 0 Å². The number of nitrogens with two attached hydrogens (primary N) is 1. The number of rotatable bonds is 5. The van der Waals surface area contributed by atoms with Crippen molar-refractivity contribution in [3.63, 3.8) is 0 Å². The molecule has 0 saturated heterocycles. The van der Waals surface area contributed by atoms with Crippen molar-refractivity contribution in [1.82, 2.24) is 10.3 Å². The molecule has 25 heavy (non-hydrogen) atoms. The minimum atomic E-state index is -0.149. The molecule has 3 rings (SSSR count). The zero-order chi connectivity index (χ0) is 16.1. The Morgan fingerprint density at radius 3 is 2.32 bits per heavy atom. The maximum atomic E-state index is 12.5. The maximum Gasteiger partial charge on any atom is 0.221 e. The smallest absolute Gasteiger partial charge is 0.221 e. The summed E-state index contributed by atoms with van der Waals surface area (Å²) in [7, 11) is 0. The van der Waals surface area contributed by atoms with Gasteiger partial charge in [-0.1, -0.05) is 36.8 Å². The Morgan fingerprint density at radius 1 is 1.08 bits per heavy atom. The number of amides is 1. The summed E-state index contributed by atoms with van der Waals surface area (Å²) in [6.45, 7) is 0. The Hall–Kier alpha value is -1.62. The number of aromatic nitrogens is 1. The van der Waals surface area contributed by atoms with E-state index in [2.05, 4.69) is 10.3 Å². The third-order valence-electron chi connectivity index (χ3n) is 4.64. The fourth-order valence-corrected chi connectivity index (χ4v) is 3.34. The van der Waals surface area contributed by atoms with Crippen LogP contribution in [-0.2, 0) is 4.79 Å². The molecular formula is C19H25Cl2N3O. The van der Waals surface area contributed by atoms with Gasteiger partial charge in [-0.3, -0.25) is 9.78 Å². The van der Waals surface area contributed by atoms with Gasteiger partial charge in [0.2, 0.25) is 5.91 Å². The van der Waals surface area contributed by atoms with Crippen molar-refractivity contribution in [3.05, 3.63) is 66.0 Å². The number of carbonyl (C=O) groups is 1. The lowest BCUT2D eigenvalue weighted by molar-refractivity contribution is -0.122. The lowest BCUT2D eigenvalue weighted by Gasteiger charge is -2.22. The van der Waals surface area contributed by atoms with Gasteiger partial charge in [0, 0.05) is 24.9 Å². The first-order chi connectivity index (χ1) is 11.2. The molecule has 0 spiro atoms. The average molecular weight is 382 g/mol. The number of halogens is 2. The van der Waals surface area contributed by atoms with E-state index >= 15 is 0 Å². The van der Waals surface area contributed by atoms with Crippen molar-refractivity contribution in [1.29, 1.82) is 0 Å². The Labute approximate surface area is 161 Å². The van der Waals surface area contributed by atoms with Crippen LogP contribution in [0, 0.1) is 5.92 Å². The zero-order valence-corrected chi connectivity index (χ0v) is 15.6. The number of pyridine rings is 1. The molecule has 6 heteroatoms. The second kappa shape index (κ2) is 10.4. The SMILES string of the molecule is Cl.Cl.N[C@@H]1CCC[C@H]1CC(=O)NC(c1ccccc1)c1ccncc1. The average Bonchev–Trinajstić information content (AvgIpc) is 2.99. The Morgan fingerprint density at radius 2 is 1.72 bits per heavy atom. The summed E-state index contributed by atoms with van der Waals surface area (Å²) in [6.07, 6.45) is 7.24. The van der Waals surface area contributed by atoms with E-state index in [1.165, 1.54) is 0 Å². The number of carbonyl (C=O) groups excluding carboxylic acids is 1. The first-order valence-corrected chi connectivity index (χ1v) is 8.24. The molecule has 1 heterocycles. The fraction of sp³-hybridized carbons (Fsp3) is 0.368. The monoisotopic (exact) mass is 381 g/mol. The molecule has 3 atom stereocenters. The molecule has 1 amide bonds. The molecule has 1 fully saturated rings. The molecule has 2 aromatic rings. The molecule has 1 aliphatic carbocycles. The summed E-state index contributed by atoms with van der Waals surface area (Å²) >= 11 is 0. The van der Waals surface area contributed by atoms with Crippen LogP contribution in [0.1, 0.15) is 42.9 Å². The van der Waals surface area contributed by atoms with Crippen LogP contribution in [0.2, 0.25) is 0 Å². The quantitative estimate of drug-likeness (QED) is 0.830. The third-order valence-corrected chi connectivity index (χ3v) is 4.64. The Balaban J connectivity index is 0.00000156. The molecular weight excluding hydrogens is 357 g/mol. The maximum absolute atomic E-state index is 12.5. The van der Waals surface area contributed by atoms with Gasteiger partial charge in [-0.05, 0) is 42.0 Å². The van der Waals surface area contributed by atoms with Crippen LogP contribution in [0.25, 0.3) is 0 Å². The van der Waals surface area contributed by atoms with Crippen LogP contribution in [0.4, 0.5) is 0 Å². The molecule has 4 nitrogen and oxygen atoms in total. The summed E-state index contributed by atoms with van der Waals surface area (Å²) in [5.41, 5.74) is 8.20. The predicted octanol–water partition coefficient (Wildman–Crippen LogP) is 3.65. The van der Waals surface area contributed by atoms with Gasteiger partial charge in [-0.15, -0.1) is 24.8 Å². The van der Waals surface area contributed by atoms with E-state index in [0.29, 0.717) is 12.3 Å². The highest BCUT2D eigenvalue weighted by molar-refractivity contribution is 5.85. The van der Waals surface area contributed by atoms with E-state index in [9.17, 15) is 4.79 Å². The molecule has 0 aliphatic heterocycles. The summed E-state index contributed by atoms with van der Waals surface area (Å²) in [4.78, 5) is 16.6. The minimum Gasteiger partial charge on any atom is -0.345 e. The molecule has 1 aliphatic rings.